The molecule has 8 heteroatoms. The third-order valence-corrected chi connectivity index (χ3v) is 5.62. The molecule has 0 N–H and O–H groups in total. The first-order valence-corrected chi connectivity index (χ1v) is 9.29. The highest BCUT2D eigenvalue weighted by atomic mass is 32.2. The summed E-state index contributed by atoms with van der Waals surface area (Å²) in [6.45, 7) is 0.701. The monoisotopic (exact) mass is 351 g/mol. The first-order chi connectivity index (χ1) is 11.5. The van der Waals surface area contributed by atoms with Crippen molar-refractivity contribution in [2.45, 2.75) is 24.7 Å². The van der Waals surface area contributed by atoms with Crippen molar-refractivity contribution in [2.75, 3.05) is 13.1 Å². The Kier molecular flexibility index (Phi) is 5.06. The molecule has 1 aliphatic rings. The predicted molar refractivity (Wildman–Crippen MR) is 86.3 cm³/mol. The van der Waals surface area contributed by atoms with Crippen LogP contribution in [0.4, 0.5) is 4.39 Å². The number of hydrogen-bond donors (Lipinski definition) is 0. The number of piperidine rings is 1. The molecule has 1 aliphatic heterocycles. The lowest BCUT2D eigenvalue weighted by Crippen LogP contribution is -2.44. The molecular weight excluding hydrogens is 333 g/mol. The molecule has 3 rings (SSSR count). The van der Waals surface area contributed by atoms with Crippen molar-refractivity contribution in [1.82, 2.24) is 14.3 Å². The minimum absolute atomic E-state index is 0.220. The molecular formula is C16H18FN3O3S. The molecule has 0 saturated carbocycles. The van der Waals surface area contributed by atoms with Crippen LogP contribution >= 0.6 is 0 Å². The molecule has 0 radical (unpaired) electrons. The Hall–Kier alpha value is -2.06. The zero-order chi connectivity index (χ0) is 17.0. The average molecular weight is 351 g/mol. The first kappa shape index (κ1) is 16.8. The van der Waals surface area contributed by atoms with Crippen LogP contribution < -0.4 is 4.74 Å². The van der Waals surface area contributed by atoms with Crippen molar-refractivity contribution in [3.63, 3.8) is 0 Å². The second-order valence-corrected chi connectivity index (χ2v) is 7.64. The fraction of sp³-hybridized carbons (Fsp3) is 0.375. The fourth-order valence-electron chi connectivity index (χ4n) is 2.70. The van der Waals surface area contributed by atoms with E-state index in [0.717, 1.165) is 6.42 Å². The van der Waals surface area contributed by atoms with Gasteiger partial charge in [0.05, 0.1) is 18.5 Å². The van der Waals surface area contributed by atoms with Crippen LogP contribution in [0, 0.1) is 5.82 Å². The molecule has 128 valence electrons. The lowest BCUT2D eigenvalue weighted by atomic mass is 10.1. The zero-order valence-corrected chi connectivity index (χ0v) is 13.8. The third kappa shape index (κ3) is 4.27. The molecule has 1 unspecified atom stereocenters. The number of halogens is 1. The Balaban J connectivity index is 1.67. The summed E-state index contributed by atoms with van der Waals surface area (Å²) in [6, 6.07) is 5.66. The van der Waals surface area contributed by atoms with Crippen LogP contribution in [0.3, 0.4) is 0 Å². The number of hydrogen-bond acceptors (Lipinski definition) is 5. The van der Waals surface area contributed by atoms with Crippen molar-refractivity contribution in [1.29, 1.82) is 0 Å². The highest BCUT2D eigenvalue weighted by molar-refractivity contribution is 7.88. The molecule has 2 heterocycles. The van der Waals surface area contributed by atoms with Crippen LogP contribution in [0.1, 0.15) is 18.4 Å². The summed E-state index contributed by atoms with van der Waals surface area (Å²) in [5, 5.41) is 0. The number of benzene rings is 1. The summed E-state index contributed by atoms with van der Waals surface area (Å²) in [7, 11) is -3.53. The number of sulfonamides is 1. The van der Waals surface area contributed by atoms with E-state index in [4.69, 9.17) is 4.74 Å². The average Bonchev–Trinajstić information content (AvgIpc) is 2.56. The van der Waals surface area contributed by atoms with Crippen molar-refractivity contribution in [3.8, 4) is 5.88 Å². The minimum atomic E-state index is -3.53. The molecule has 0 bridgehead atoms. The van der Waals surface area contributed by atoms with E-state index in [0.29, 0.717) is 24.4 Å². The lowest BCUT2D eigenvalue weighted by molar-refractivity contribution is 0.124. The van der Waals surface area contributed by atoms with E-state index in [-0.39, 0.29) is 18.4 Å². The summed E-state index contributed by atoms with van der Waals surface area (Å²) in [4.78, 5) is 7.97. The van der Waals surface area contributed by atoms with Gasteiger partial charge < -0.3 is 4.74 Å². The van der Waals surface area contributed by atoms with Gasteiger partial charge in [-0.2, -0.15) is 4.31 Å². The lowest BCUT2D eigenvalue weighted by Gasteiger charge is -2.31. The fourth-order valence-corrected chi connectivity index (χ4v) is 4.28. The highest BCUT2D eigenvalue weighted by Crippen LogP contribution is 2.20. The number of nitrogens with zero attached hydrogens (tertiary/aromatic N) is 3. The second-order valence-electron chi connectivity index (χ2n) is 5.67. The normalized spacial score (nSPS) is 19.1. The van der Waals surface area contributed by atoms with Gasteiger partial charge in [0.2, 0.25) is 15.9 Å². The van der Waals surface area contributed by atoms with Crippen molar-refractivity contribution in [2.24, 2.45) is 0 Å². The summed E-state index contributed by atoms with van der Waals surface area (Å²) < 4.78 is 45.5. The standard InChI is InChI=1S/C16H18FN3O3S/c17-14-4-1-3-13(9-14)12-24(21,22)20-8-2-5-15(11-20)23-16-10-18-6-7-19-16/h1,3-4,6-7,9-10,15H,2,5,8,11-12H2. The van der Waals surface area contributed by atoms with Crippen molar-refractivity contribution < 1.29 is 17.5 Å². The summed E-state index contributed by atoms with van der Waals surface area (Å²) >= 11 is 0. The number of ether oxygens (including phenoxy) is 1. The molecule has 2 aromatic rings. The van der Waals surface area contributed by atoms with E-state index in [1.165, 1.54) is 34.9 Å². The molecule has 0 amide bonds. The van der Waals surface area contributed by atoms with Gasteiger partial charge in [-0.1, -0.05) is 12.1 Å². The van der Waals surface area contributed by atoms with Gasteiger partial charge in [0.15, 0.2) is 0 Å². The van der Waals surface area contributed by atoms with Crippen molar-refractivity contribution in [3.05, 3.63) is 54.2 Å². The molecule has 1 aromatic heterocycles. The molecule has 24 heavy (non-hydrogen) atoms. The molecule has 1 aromatic carbocycles. The smallest absolute Gasteiger partial charge is 0.232 e. The van der Waals surface area contributed by atoms with Crippen molar-refractivity contribution >= 4 is 10.0 Å². The van der Waals surface area contributed by atoms with E-state index in [1.807, 2.05) is 0 Å². The predicted octanol–water partition coefficient (Wildman–Crippen LogP) is 1.99. The van der Waals surface area contributed by atoms with Crippen LogP contribution in [0.25, 0.3) is 0 Å². The number of aromatic nitrogens is 2. The van der Waals surface area contributed by atoms with Gasteiger partial charge in [0.25, 0.3) is 0 Å². The maximum atomic E-state index is 13.2. The van der Waals surface area contributed by atoms with E-state index in [9.17, 15) is 12.8 Å². The van der Waals surface area contributed by atoms with Crippen LogP contribution in [0.2, 0.25) is 0 Å². The molecule has 1 atom stereocenters. The van der Waals surface area contributed by atoms with Gasteiger partial charge in [-0.25, -0.2) is 17.8 Å². The van der Waals surface area contributed by atoms with E-state index in [1.54, 1.807) is 12.3 Å². The maximum absolute atomic E-state index is 13.2. The van der Waals surface area contributed by atoms with E-state index < -0.39 is 15.8 Å². The summed E-state index contributed by atoms with van der Waals surface area (Å²) in [6.07, 6.45) is 5.76. The topological polar surface area (TPSA) is 72.4 Å². The Morgan fingerprint density at radius 1 is 1.33 bits per heavy atom. The van der Waals surface area contributed by atoms with E-state index in [2.05, 4.69) is 9.97 Å². The van der Waals surface area contributed by atoms with Crippen LogP contribution in [-0.2, 0) is 15.8 Å². The number of rotatable bonds is 5. The highest BCUT2D eigenvalue weighted by Gasteiger charge is 2.30. The van der Waals surface area contributed by atoms with Gasteiger partial charge in [0, 0.05) is 18.9 Å². The summed E-state index contributed by atoms with van der Waals surface area (Å²) in [5.74, 6) is -0.278. The minimum Gasteiger partial charge on any atom is -0.472 e. The first-order valence-electron chi connectivity index (χ1n) is 7.68. The summed E-state index contributed by atoms with van der Waals surface area (Å²) in [5.41, 5.74) is 0.437. The van der Waals surface area contributed by atoms with Crippen LogP contribution in [0.15, 0.2) is 42.9 Å². The zero-order valence-electron chi connectivity index (χ0n) is 13.0. The van der Waals surface area contributed by atoms with Gasteiger partial charge in [-0.3, -0.25) is 4.98 Å². The Bertz CT molecular complexity index is 786. The Morgan fingerprint density at radius 2 is 2.21 bits per heavy atom. The molecule has 1 fully saturated rings. The van der Waals surface area contributed by atoms with Crippen LogP contribution in [-0.4, -0.2) is 41.9 Å². The largest absolute Gasteiger partial charge is 0.472 e. The third-order valence-electron chi connectivity index (χ3n) is 3.80. The SMILES string of the molecule is O=S(=O)(Cc1cccc(F)c1)N1CCCC(Oc2cnccn2)C1. The van der Waals surface area contributed by atoms with Crippen LogP contribution in [0.5, 0.6) is 5.88 Å². The van der Waals surface area contributed by atoms with Gasteiger partial charge in [-0.05, 0) is 30.5 Å². The Morgan fingerprint density at radius 3 is 2.96 bits per heavy atom. The van der Waals surface area contributed by atoms with E-state index >= 15 is 0 Å². The van der Waals surface area contributed by atoms with Gasteiger partial charge >= 0.3 is 0 Å². The molecule has 0 spiro atoms. The molecule has 0 aliphatic carbocycles. The molecule has 1 saturated heterocycles. The van der Waals surface area contributed by atoms with Gasteiger partial charge in [-0.15, -0.1) is 0 Å². The maximum Gasteiger partial charge on any atom is 0.232 e. The molecule has 6 nitrogen and oxygen atoms in total. The quantitative estimate of drug-likeness (QED) is 0.824. The second kappa shape index (κ2) is 7.23. The van der Waals surface area contributed by atoms with Gasteiger partial charge in [0.1, 0.15) is 11.9 Å². The Labute approximate surface area is 140 Å².